The van der Waals surface area contributed by atoms with Gasteiger partial charge in [-0.05, 0) is 18.9 Å². The molecular weight excluding hydrogens is 302 g/mol. The van der Waals surface area contributed by atoms with Crippen molar-refractivity contribution in [1.29, 1.82) is 0 Å². The maximum atomic E-state index is 5.22. The van der Waals surface area contributed by atoms with Crippen molar-refractivity contribution in [1.82, 2.24) is 24.5 Å². The summed E-state index contributed by atoms with van der Waals surface area (Å²) in [4.78, 5) is 4.79. The molecule has 0 bridgehead atoms. The van der Waals surface area contributed by atoms with Gasteiger partial charge in [-0.1, -0.05) is 30.3 Å². The molecule has 6 nitrogen and oxygen atoms in total. The number of rotatable bonds is 6. The standard InChI is InChI=1S/C18H21N5O/c1-22-16(12-15(20-22)13-8-9-13)18-19-17(14-6-4-3-5-7-14)21-23(18)10-11-24-2/h3-7,12-13H,8-11H2,1-2H3. The average molecular weight is 323 g/mol. The average Bonchev–Trinajstić information content (AvgIpc) is 3.26. The van der Waals surface area contributed by atoms with Gasteiger partial charge >= 0.3 is 0 Å². The van der Waals surface area contributed by atoms with Crippen molar-refractivity contribution < 1.29 is 4.74 Å². The van der Waals surface area contributed by atoms with Crippen LogP contribution in [0.4, 0.5) is 0 Å². The zero-order chi connectivity index (χ0) is 16.5. The van der Waals surface area contributed by atoms with Crippen LogP contribution in [-0.2, 0) is 18.3 Å². The lowest BCUT2D eigenvalue weighted by Crippen LogP contribution is -2.09. The minimum absolute atomic E-state index is 0.595. The summed E-state index contributed by atoms with van der Waals surface area (Å²) in [6.07, 6.45) is 2.48. The highest BCUT2D eigenvalue weighted by atomic mass is 16.5. The topological polar surface area (TPSA) is 57.8 Å². The summed E-state index contributed by atoms with van der Waals surface area (Å²) < 4.78 is 9.05. The van der Waals surface area contributed by atoms with Gasteiger partial charge in [0, 0.05) is 25.6 Å². The molecule has 0 atom stereocenters. The van der Waals surface area contributed by atoms with E-state index in [9.17, 15) is 0 Å². The molecule has 0 N–H and O–H groups in total. The van der Waals surface area contributed by atoms with Crippen LogP contribution >= 0.6 is 0 Å². The second-order valence-electron chi connectivity index (χ2n) is 6.19. The van der Waals surface area contributed by atoms with Gasteiger partial charge in [0.1, 0.15) is 5.69 Å². The van der Waals surface area contributed by atoms with Gasteiger partial charge in [0.05, 0.1) is 18.8 Å². The minimum Gasteiger partial charge on any atom is -0.383 e. The molecular formula is C18H21N5O. The van der Waals surface area contributed by atoms with E-state index < -0.39 is 0 Å². The lowest BCUT2D eigenvalue weighted by Gasteiger charge is -2.04. The molecule has 0 saturated heterocycles. The summed E-state index contributed by atoms with van der Waals surface area (Å²) in [5.74, 6) is 2.19. The Balaban J connectivity index is 1.76. The van der Waals surface area contributed by atoms with E-state index in [0.29, 0.717) is 19.1 Å². The van der Waals surface area contributed by atoms with Gasteiger partial charge < -0.3 is 4.74 Å². The smallest absolute Gasteiger partial charge is 0.181 e. The highest BCUT2D eigenvalue weighted by Gasteiger charge is 2.28. The van der Waals surface area contributed by atoms with Crippen molar-refractivity contribution in [3.63, 3.8) is 0 Å². The van der Waals surface area contributed by atoms with Crippen molar-refractivity contribution >= 4 is 0 Å². The summed E-state index contributed by atoms with van der Waals surface area (Å²) in [6.45, 7) is 1.26. The molecule has 0 radical (unpaired) electrons. The van der Waals surface area contributed by atoms with E-state index in [0.717, 1.165) is 28.6 Å². The molecule has 1 aliphatic carbocycles. The minimum atomic E-state index is 0.595. The molecule has 0 aliphatic heterocycles. The largest absolute Gasteiger partial charge is 0.383 e. The Kier molecular flexibility index (Phi) is 3.90. The molecule has 2 heterocycles. The first kappa shape index (κ1) is 15.1. The number of benzene rings is 1. The van der Waals surface area contributed by atoms with Crippen LogP contribution in [0.25, 0.3) is 22.9 Å². The Bertz CT molecular complexity index is 832. The van der Waals surface area contributed by atoms with Crippen molar-refractivity contribution in [3.8, 4) is 22.9 Å². The highest BCUT2D eigenvalue weighted by Crippen LogP contribution is 2.40. The molecule has 124 valence electrons. The van der Waals surface area contributed by atoms with Crippen LogP contribution in [0.5, 0.6) is 0 Å². The number of hydrogen-bond acceptors (Lipinski definition) is 4. The molecule has 1 saturated carbocycles. The molecule has 4 rings (SSSR count). The fourth-order valence-corrected chi connectivity index (χ4v) is 2.85. The second-order valence-corrected chi connectivity index (χ2v) is 6.19. The summed E-state index contributed by atoms with van der Waals surface area (Å²) >= 11 is 0. The molecule has 2 aromatic heterocycles. The number of ether oxygens (including phenoxy) is 1. The normalized spacial score (nSPS) is 14.2. The van der Waals surface area contributed by atoms with Gasteiger partial charge in [-0.15, -0.1) is 0 Å². The van der Waals surface area contributed by atoms with Crippen LogP contribution in [0.3, 0.4) is 0 Å². The van der Waals surface area contributed by atoms with Gasteiger partial charge in [-0.2, -0.15) is 10.2 Å². The van der Waals surface area contributed by atoms with Crippen molar-refractivity contribution in [2.24, 2.45) is 7.05 Å². The van der Waals surface area contributed by atoms with Crippen molar-refractivity contribution in [2.45, 2.75) is 25.3 Å². The molecule has 0 spiro atoms. The maximum absolute atomic E-state index is 5.22. The van der Waals surface area contributed by atoms with Gasteiger partial charge in [0.2, 0.25) is 0 Å². The molecule has 1 aliphatic rings. The van der Waals surface area contributed by atoms with Crippen molar-refractivity contribution in [2.75, 3.05) is 13.7 Å². The van der Waals surface area contributed by atoms with Crippen LogP contribution in [0.15, 0.2) is 36.4 Å². The molecule has 6 heteroatoms. The summed E-state index contributed by atoms with van der Waals surface area (Å²) in [6, 6.07) is 12.2. The van der Waals surface area contributed by atoms with E-state index in [1.54, 1.807) is 7.11 Å². The number of aryl methyl sites for hydroxylation is 1. The fourth-order valence-electron chi connectivity index (χ4n) is 2.85. The molecule has 1 fully saturated rings. The zero-order valence-electron chi connectivity index (χ0n) is 14.0. The van der Waals surface area contributed by atoms with Gasteiger partial charge in [-0.3, -0.25) is 4.68 Å². The van der Waals surface area contributed by atoms with Gasteiger partial charge in [-0.25, -0.2) is 9.67 Å². The summed E-state index contributed by atoms with van der Waals surface area (Å²) in [5, 5.41) is 9.35. The fraction of sp³-hybridized carbons (Fsp3) is 0.389. The summed E-state index contributed by atoms with van der Waals surface area (Å²) in [7, 11) is 3.67. The Labute approximate surface area is 141 Å². The van der Waals surface area contributed by atoms with Crippen molar-refractivity contribution in [3.05, 3.63) is 42.1 Å². The number of nitrogens with zero attached hydrogens (tertiary/aromatic N) is 5. The Morgan fingerprint density at radius 3 is 2.67 bits per heavy atom. The van der Waals surface area contributed by atoms with E-state index in [4.69, 9.17) is 9.72 Å². The SMILES string of the molecule is COCCn1nc(-c2ccccc2)nc1-c1cc(C2CC2)nn1C. The van der Waals surface area contributed by atoms with Crippen LogP contribution < -0.4 is 0 Å². The first-order chi connectivity index (χ1) is 11.8. The lowest BCUT2D eigenvalue weighted by molar-refractivity contribution is 0.184. The van der Waals surface area contributed by atoms with E-state index in [2.05, 4.69) is 16.3 Å². The van der Waals surface area contributed by atoms with E-state index in [1.165, 1.54) is 12.8 Å². The van der Waals surface area contributed by atoms with E-state index >= 15 is 0 Å². The number of aromatic nitrogens is 5. The first-order valence-corrected chi connectivity index (χ1v) is 8.30. The van der Waals surface area contributed by atoms with Gasteiger partial charge in [0.25, 0.3) is 0 Å². The predicted molar refractivity (Wildman–Crippen MR) is 91.5 cm³/mol. The Morgan fingerprint density at radius 2 is 1.96 bits per heavy atom. The monoisotopic (exact) mass is 323 g/mol. The third-order valence-electron chi connectivity index (χ3n) is 4.33. The first-order valence-electron chi connectivity index (χ1n) is 8.30. The number of methoxy groups -OCH3 is 1. The Hall–Kier alpha value is -2.47. The van der Waals surface area contributed by atoms with Crippen LogP contribution in [0, 0.1) is 0 Å². The second kappa shape index (κ2) is 6.20. The predicted octanol–water partition coefficient (Wildman–Crippen LogP) is 2.87. The maximum Gasteiger partial charge on any atom is 0.181 e. The zero-order valence-corrected chi connectivity index (χ0v) is 14.0. The van der Waals surface area contributed by atoms with Gasteiger partial charge in [0.15, 0.2) is 11.6 Å². The Morgan fingerprint density at radius 1 is 1.17 bits per heavy atom. The lowest BCUT2D eigenvalue weighted by atomic mass is 10.2. The van der Waals surface area contributed by atoms with E-state index in [-0.39, 0.29) is 0 Å². The van der Waals surface area contributed by atoms with E-state index in [1.807, 2.05) is 46.7 Å². The molecule has 1 aromatic carbocycles. The highest BCUT2D eigenvalue weighted by molar-refractivity contribution is 5.60. The molecule has 3 aromatic rings. The molecule has 24 heavy (non-hydrogen) atoms. The van der Waals surface area contributed by atoms with Crippen LogP contribution in [0.1, 0.15) is 24.5 Å². The number of hydrogen-bond donors (Lipinski definition) is 0. The summed E-state index contributed by atoms with van der Waals surface area (Å²) in [5.41, 5.74) is 3.18. The quantitative estimate of drug-likeness (QED) is 0.700. The van der Waals surface area contributed by atoms with Crippen LogP contribution in [-0.4, -0.2) is 38.3 Å². The third kappa shape index (κ3) is 2.85. The molecule has 0 amide bonds. The third-order valence-corrected chi connectivity index (χ3v) is 4.33. The van der Waals surface area contributed by atoms with Crippen LogP contribution in [0.2, 0.25) is 0 Å². The molecule has 0 unspecified atom stereocenters.